The Kier molecular flexibility index (Phi) is 4.42. The molecular weight excluding hydrogens is 283 g/mol. The zero-order valence-corrected chi connectivity index (χ0v) is 11.1. The minimum absolute atomic E-state index is 0.00720. The number of nitrogens with zero attached hydrogens (tertiary/aromatic N) is 1. The maximum absolute atomic E-state index is 13.7. The van der Waals surface area contributed by atoms with E-state index in [0.29, 0.717) is 11.1 Å². The van der Waals surface area contributed by atoms with Crippen molar-refractivity contribution in [2.24, 2.45) is 10.9 Å². The molecular formula is C14H12ClFN2O2. The predicted octanol–water partition coefficient (Wildman–Crippen LogP) is 3.15. The molecule has 0 saturated heterocycles. The molecule has 104 valence electrons. The Balaban J connectivity index is 2.21. The van der Waals surface area contributed by atoms with Crippen LogP contribution in [0.1, 0.15) is 11.1 Å². The fraction of sp³-hybridized carbons (Fsp3) is 0.0714. The van der Waals surface area contributed by atoms with Gasteiger partial charge in [-0.15, -0.1) is 0 Å². The lowest BCUT2D eigenvalue weighted by molar-refractivity contribution is 0.290. The lowest BCUT2D eigenvalue weighted by Gasteiger charge is -2.11. The second-order valence-corrected chi connectivity index (χ2v) is 4.39. The summed E-state index contributed by atoms with van der Waals surface area (Å²) in [6, 6.07) is 11.5. The number of benzene rings is 2. The molecule has 0 aliphatic rings. The van der Waals surface area contributed by atoms with Gasteiger partial charge in [0.1, 0.15) is 6.61 Å². The van der Waals surface area contributed by atoms with E-state index < -0.39 is 5.82 Å². The third-order valence-corrected chi connectivity index (χ3v) is 2.99. The first-order valence-corrected chi connectivity index (χ1v) is 6.14. The van der Waals surface area contributed by atoms with E-state index in [0.717, 1.165) is 0 Å². The average Bonchev–Trinajstić information content (AvgIpc) is 2.48. The zero-order valence-electron chi connectivity index (χ0n) is 10.4. The van der Waals surface area contributed by atoms with E-state index in [1.807, 2.05) is 0 Å². The van der Waals surface area contributed by atoms with E-state index in [-0.39, 0.29) is 23.2 Å². The Morgan fingerprint density at radius 2 is 2.00 bits per heavy atom. The third-order valence-electron chi connectivity index (χ3n) is 2.70. The van der Waals surface area contributed by atoms with Crippen LogP contribution in [-0.4, -0.2) is 11.0 Å². The van der Waals surface area contributed by atoms with Gasteiger partial charge in [-0.2, -0.15) is 0 Å². The van der Waals surface area contributed by atoms with Crippen LogP contribution in [0, 0.1) is 5.82 Å². The van der Waals surface area contributed by atoms with Crippen molar-refractivity contribution in [3.63, 3.8) is 0 Å². The van der Waals surface area contributed by atoms with Gasteiger partial charge in [-0.25, -0.2) is 4.39 Å². The summed E-state index contributed by atoms with van der Waals surface area (Å²) in [6.07, 6.45) is 0. The van der Waals surface area contributed by atoms with Crippen LogP contribution >= 0.6 is 11.6 Å². The summed E-state index contributed by atoms with van der Waals surface area (Å²) >= 11 is 5.67. The molecule has 0 atom stereocenters. The van der Waals surface area contributed by atoms with Gasteiger partial charge in [0.25, 0.3) is 0 Å². The molecule has 0 spiro atoms. The number of hydrogen-bond donors (Lipinski definition) is 2. The Labute approximate surface area is 120 Å². The zero-order chi connectivity index (χ0) is 14.5. The van der Waals surface area contributed by atoms with Crippen molar-refractivity contribution in [2.45, 2.75) is 6.61 Å². The molecule has 2 rings (SSSR count). The van der Waals surface area contributed by atoms with E-state index in [9.17, 15) is 4.39 Å². The molecule has 0 bridgehead atoms. The molecule has 20 heavy (non-hydrogen) atoms. The highest BCUT2D eigenvalue weighted by molar-refractivity contribution is 6.30. The molecule has 6 heteroatoms. The smallest absolute Gasteiger partial charge is 0.183 e. The van der Waals surface area contributed by atoms with E-state index in [1.165, 1.54) is 12.1 Å². The van der Waals surface area contributed by atoms with Gasteiger partial charge in [0.05, 0.1) is 5.02 Å². The standard InChI is InChI=1S/C14H12ClFN2O2/c15-11-6-3-7-12(13(11)16)20-8-9-4-1-2-5-10(9)14(17)18-19/h1-7,19H,8H2,(H2,17,18). The van der Waals surface area contributed by atoms with Crippen LogP contribution in [0.2, 0.25) is 5.02 Å². The van der Waals surface area contributed by atoms with Crippen molar-refractivity contribution in [1.82, 2.24) is 0 Å². The highest BCUT2D eigenvalue weighted by atomic mass is 35.5. The van der Waals surface area contributed by atoms with Crippen LogP contribution in [0.4, 0.5) is 4.39 Å². The van der Waals surface area contributed by atoms with Crippen molar-refractivity contribution in [3.8, 4) is 5.75 Å². The lowest BCUT2D eigenvalue weighted by atomic mass is 10.1. The van der Waals surface area contributed by atoms with E-state index in [1.54, 1.807) is 30.3 Å². The van der Waals surface area contributed by atoms with Crippen molar-refractivity contribution in [2.75, 3.05) is 0 Å². The summed E-state index contributed by atoms with van der Waals surface area (Å²) in [5.74, 6) is -0.599. The third kappa shape index (κ3) is 3.00. The van der Waals surface area contributed by atoms with Crippen LogP contribution in [0.5, 0.6) is 5.75 Å². The molecule has 0 saturated carbocycles. The number of rotatable bonds is 4. The van der Waals surface area contributed by atoms with Crippen LogP contribution in [0.15, 0.2) is 47.6 Å². The Morgan fingerprint density at radius 3 is 2.75 bits per heavy atom. The number of hydrogen-bond acceptors (Lipinski definition) is 3. The molecule has 0 heterocycles. The highest BCUT2D eigenvalue weighted by Crippen LogP contribution is 2.25. The molecule has 0 amide bonds. The first-order chi connectivity index (χ1) is 9.63. The fourth-order valence-electron chi connectivity index (χ4n) is 1.70. The summed E-state index contributed by atoms with van der Waals surface area (Å²) in [5, 5.41) is 11.7. The number of ether oxygens (including phenoxy) is 1. The second-order valence-electron chi connectivity index (χ2n) is 3.98. The minimum Gasteiger partial charge on any atom is -0.486 e. The van der Waals surface area contributed by atoms with Gasteiger partial charge in [-0.3, -0.25) is 0 Å². The molecule has 0 aliphatic heterocycles. The van der Waals surface area contributed by atoms with Crippen molar-refractivity contribution in [1.29, 1.82) is 0 Å². The number of oxime groups is 1. The molecule has 0 unspecified atom stereocenters. The van der Waals surface area contributed by atoms with E-state index in [2.05, 4.69) is 5.16 Å². The van der Waals surface area contributed by atoms with Crippen LogP contribution < -0.4 is 10.5 Å². The van der Waals surface area contributed by atoms with Gasteiger partial charge in [-0.05, 0) is 12.1 Å². The monoisotopic (exact) mass is 294 g/mol. The molecule has 0 fully saturated rings. The predicted molar refractivity (Wildman–Crippen MR) is 74.7 cm³/mol. The Bertz CT molecular complexity index is 647. The second kappa shape index (κ2) is 6.25. The minimum atomic E-state index is -0.615. The molecule has 0 radical (unpaired) electrons. The highest BCUT2D eigenvalue weighted by Gasteiger charge is 2.10. The lowest BCUT2D eigenvalue weighted by Crippen LogP contribution is -2.16. The van der Waals surface area contributed by atoms with Crippen molar-refractivity contribution >= 4 is 17.4 Å². The number of halogens is 2. The summed E-state index contributed by atoms with van der Waals surface area (Å²) in [7, 11) is 0. The average molecular weight is 295 g/mol. The Hall–Kier alpha value is -2.27. The summed E-state index contributed by atoms with van der Waals surface area (Å²) < 4.78 is 19.1. The SMILES string of the molecule is N/C(=N/O)c1ccccc1COc1cccc(Cl)c1F. The largest absolute Gasteiger partial charge is 0.486 e. The van der Waals surface area contributed by atoms with Gasteiger partial charge in [0, 0.05) is 11.1 Å². The van der Waals surface area contributed by atoms with E-state index in [4.69, 9.17) is 27.3 Å². The molecule has 0 aromatic heterocycles. The van der Waals surface area contributed by atoms with Gasteiger partial charge in [0.15, 0.2) is 17.4 Å². The molecule has 3 N–H and O–H groups in total. The van der Waals surface area contributed by atoms with E-state index >= 15 is 0 Å². The quantitative estimate of drug-likeness (QED) is 0.394. The molecule has 0 aliphatic carbocycles. The first-order valence-electron chi connectivity index (χ1n) is 5.76. The summed E-state index contributed by atoms with van der Waals surface area (Å²) in [5.41, 5.74) is 6.76. The molecule has 4 nitrogen and oxygen atoms in total. The topological polar surface area (TPSA) is 67.8 Å². The fourth-order valence-corrected chi connectivity index (χ4v) is 1.87. The first kappa shape index (κ1) is 14.1. The number of amidine groups is 1. The molecule has 2 aromatic carbocycles. The normalized spacial score (nSPS) is 11.4. The number of nitrogens with two attached hydrogens (primary N) is 1. The molecule has 2 aromatic rings. The van der Waals surface area contributed by atoms with Crippen LogP contribution in [0.3, 0.4) is 0 Å². The van der Waals surface area contributed by atoms with Crippen LogP contribution in [-0.2, 0) is 6.61 Å². The Morgan fingerprint density at radius 1 is 1.25 bits per heavy atom. The van der Waals surface area contributed by atoms with Gasteiger partial charge >= 0.3 is 0 Å². The van der Waals surface area contributed by atoms with Gasteiger partial charge in [0.2, 0.25) is 0 Å². The van der Waals surface area contributed by atoms with Gasteiger partial charge in [-0.1, -0.05) is 47.1 Å². The maximum atomic E-state index is 13.7. The van der Waals surface area contributed by atoms with Crippen molar-refractivity contribution < 1.29 is 14.3 Å². The maximum Gasteiger partial charge on any atom is 0.183 e. The summed E-state index contributed by atoms with van der Waals surface area (Å²) in [4.78, 5) is 0. The van der Waals surface area contributed by atoms with Gasteiger partial charge < -0.3 is 15.7 Å². The van der Waals surface area contributed by atoms with Crippen LogP contribution in [0.25, 0.3) is 0 Å². The van der Waals surface area contributed by atoms with Crippen molar-refractivity contribution in [3.05, 3.63) is 64.4 Å². The summed E-state index contributed by atoms with van der Waals surface area (Å²) in [6.45, 7) is 0.0731.